The van der Waals surface area contributed by atoms with Crippen molar-refractivity contribution in [3.05, 3.63) is 71.8 Å². The van der Waals surface area contributed by atoms with E-state index in [4.69, 9.17) is 43.6 Å². The predicted molar refractivity (Wildman–Crippen MR) is 198 cm³/mol. The van der Waals surface area contributed by atoms with E-state index in [9.17, 15) is 39.9 Å². The number of nitrogens with one attached hydrogen (secondary N) is 2. The van der Waals surface area contributed by atoms with Crippen LogP contribution in [0.3, 0.4) is 0 Å². The summed E-state index contributed by atoms with van der Waals surface area (Å²) in [6, 6.07) is 13.8. The Morgan fingerprint density at radius 1 is 0.763 bits per heavy atom. The highest BCUT2D eigenvalue weighted by Gasteiger charge is 2.60. The average Bonchev–Trinajstić information content (AvgIpc) is 3.54. The van der Waals surface area contributed by atoms with Gasteiger partial charge in [-0.25, -0.2) is 14.4 Å². The highest BCUT2D eigenvalue weighted by atomic mass is 16.8. The smallest absolute Gasteiger partial charge is 0.410 e. The van der Waals surface area contributed by atoms with Crippen molar-refractivity contribution in [2.45, 2.75) is 131 Å². The van der Waals surface area contributed by atoms with Crippen molar-refractivity contribution < 1.29 is 77.8 Å². The van der Waals surface area contributed by atoms with E-state index < -0.39 is 129 Å². The van der Waals surface area contributed by atoms with E-state index in [0.717, 1.165) is 11.1 Å². The minimum absolute atomic E-state index is 0.0435. The van der Waals surface area contributed by atoms with Crippen molar-refractivity contribution in [1.29, 1.82) is 0 Å². The topological polar surface area (TPSA) is 280 Å². The third-order valence-electron chi connectivity index (χ3n) is 11.5. The van der Waals surface area contributed by atoms with Crippen LogP contribution in [0.25, 0.3) is 0 Å². The predicted octanol–water partition coefficient (Wildman–Crippen LogP) is -0.835. The lowest BCUT2D eigenvalue weighted by atomic mass is 9.83. The molecule has 17 atom stereocenters. The summed E-state index contributed by atoms with van der Waals surface area (Å²) in [5, 5.41) is 59.2. The molecule has 1 aliphatic carbocycles. The molecule has 4 heterocycles. The number of nitrogens with zero attached hydrogens (tertiary/aromatic N) is 1. The number of carbonyl (C=O) groups excluding carboxylic acids is 3. The molecule has 8 unspecified atom stereocenters. The molecule has 7 rings (SSSR count). The van der Waals surface area contributed by atoms with Gasteiger partial charge in [0.15, 0.2) is 25.0 Å². The van der Waals surface area contributed by atoms with Crippen LogP contribution in [0.5, 0.6) is 0 Å². The number of hydrogen-bond acceptors (Lipinski definition) is 17. The second-order valence-electron chi connectivity index (χ2n) is 15.5. The van der Waals surface area contributed by atoms with Gasteiger partial charge in [0.1, 0.15) is 62.0 Å². The number of amides is 3. The molecule has 0 bridgehead atoms. The van der Waals surface area contributed by atoms with Crippen molar-refractivity contribution in [3.8, 4) is 0 Å². The molecule has 4 saturated heterocycles. The Morgan fingerprint density at radius 3 is 1.98 bits per heavy atom. The molecular weight excluding hydrogens is 780 g/mol. The minimum atomic E-state index is -1.67. The molecule has 2 aromatic carbocycles. The SMILES string of the molecule is C[C@H]1C[C@@H]2OC(O[C@H]3OC(CO)[C@@H](N)[C@H](O)C3O)C3C(OC(=O)N3C)C2O[C@@H]1O[C@@H]1C(NC(=O)OCc2ccccc2)C[C@@H](NC(=O)OCc2ccccc2)C(O)[C@H]1O. The number of fused-ring (bicyclic) bond motifs is 3. The van der Waals surface area contributed by atoms with Gasteiger partial charge in [0.25, 0.3) is 0 Å². The van der Waals surface area contributed by atoms with Crippen LogP contribution in [-0.4, -0.2) is 160 Å². The Kier molecular flexibility index (Phi) is 13.5. The van der Waals surface area contributed by atoms with Crippen molar-refractivity contribution >= 4 is 18.3 Å². The maximum atomic E-state index is 13.2. The monoisotopic (exact) mass is 832 g/mol. The Labute approximate surface area is 339 Å². The van der Waals surface area contributed by atoms with Crippen LogP contribution in [0.2, 0.25) is 0 Å². The zero-order valence-electron chi connectivity index (χ0n) is 32.4. The first kappa shape index (κ1) is 42.9. The zero-order chi connectivity index (χ0) is 42.0. The van der Waals surface area contributed by atoms with Gasteiger partial charge in [0.05, 0.1) is 30.8 Å². The van der Waals surface area contributed by atoms with E-state index in [1.807, 2.05) is 12.1 Å². The van der Waals surface area contributed by atoms with E-state index in [-0.39, 0.29) is 26.1 Å². The molecule has 1 saturated carbocycles. The summed E-state index contributed by atoms with van der Waals surface area (Å²) in [5.74, 6) is -0.475. The number of likely N-dealkylation sites (N-methyl/N-ethyl adjacent to an activating group) is 1. The van der Waals surface area contributed by atoms with E-state index in [1.165, 1.54) is 11.9 Å². The van der Waals surface area contributed by atoms with E-state index >= 15 is 0 Å². The molecule has 20 nitrogen and oxygen atoms in total. The van der Waals surface area contributed by atoms with Gasteiger partial charge in [-0.05, 0) is 24.0 Å². The van der Waals surface area contributed by atoms with E-state index in [0.29, 0.717) is 0 Å². The largest absolute Gasteiger partial charge is 0.445 e. The van der Waals surface area contributed by atoms with E-state index in [1.54, 1.807) is 55.5 Å². The first-order chi connectivity index (χ1) is 28.3. The first-order valence-corrected chi connectivity index (χ1v) is 19.6. The number of carbonyl (C=O) groups is 3. The van der Waals surface area contributed by atoms with Gasteiger partial charge in [-0.3, -0.25) is 4.90 Å². The number of alkyl carbamates (subject to hydrolysis) is 2. The number of nitrogens with two attached hydrogens (primary N) is 1. The number of benzene rings is 2. The Hall–Kier alpha value is -4.19. The van der Waals surface area contributed by atoms with Crippen LogP contribution in [0, 0.1) is 5.92 Å². The lowest BCUT2D eigenvalue weighted by molar-refractivity contribution is -0.375. The van der Waals surface area contributed by atoms with Gasteiger partial charge in [0.2, 0.25) is 0 Å². The summed E-state index contributed by atoms with van der Waals surface area (Å²) in [6.45, 7) is 1.12. The van der Waals surface area contributed by atoms with Crippen molar-refractivity contribution in [3.63, 3.8) is 0 Å². The molecule has 0 radical (unpaired) electrons. The molecule has 59 heavy (non-hydrogen) atoms. The summed E-state index contributed by atoms with van der Waals surface area (Å²) in [7, 11) is 1.46. The molecule has 9 N–H and O–H groups in total. The Balaban J connectivity index is 1.05. The quantitative estimate of drug-likeness (QED) is 0.128. The zero-order valence-corrected chi connectivity index (χ0v) is 32.4. The van der Waals surface area contributed by atoms with Gasteiger partial charge >= 0.3 is 18.3 Å². The van der Waals surface area contributed by atoms with Crippen molar-refractivity contribution in [1.82, 2.24) is 15.5 Å². The molecular formula is C39H52N4O16. The molecule has 20 heteroatoms. The van der Waals surface area contributed by atoms with E-state index in [2.05, 4.69) is 10.6 Å². The van der Waals surface area contributed by atoms with Crippen LogP contribution in [0.1, 0.15) is 30.9 Å². The molecule has 0 spiro atoms. The summed E-state index contributed by atoms with van der Waals surface area (Å²) in [6.07, 6.45) is -17.6. The number of rotatable bonds is 11. The lowest BCUT2D eigenvalue weighted by Gasteiger charge is -2.51. The normalized spacial score (nSPS) is 39.3. The number of aliphatic hydroxyl groups excluding tert-OH is 5. The van der Waals surface area contributed by atoms with Crippen LogP contribution in [-0.2, 0) is 51.1 Å². The van der Waals surface area contributed by atoms with Gasteiger partial charge in [-0.1, -0.05) is 67.6 Å². The molecule has 5 fully saturated rings. The second kappa shape index (κ2) is 18.6. The molecule has 324 valence electrons. The van der Waals surface area contributed by atoms with Gasteiger partial charge in [0, 0.05) is 13.0 Å². The van der Waals surface area contributed by atoms with Crippen molar-refractivity contribution in [2.75, 3.05) is 13.7 Å². The van der Waals surface area contributed by atoms with Crippen LogP contribution in [0.4, 0.5) is 14.4 Å². The number of hydrogen-bond donors (Lipinski definition) is 8. The fourth-order valence-electron chi connectivity index (χ4n) is 8.18. The average molecular weight is 833 g/mol. The molecule has 0 aromatic heterocycles. The summed E-state index contributed by atoms with van der Waals surface area (Å²) in [5.41, 5.74) is 7.37. The minimum Gasteiger partial charge on any atom is -0.445 e. The highest BCUT2D eigenvalue weighted by Crippen LogP contribution is 2.42. The number of ether oxygens (including phenoxy) is 8. The summed E-state index contributed by atoms with van der Waals surface area (Å²) >= 11 is 0. The molecule has 5 aliphatic rings. The van der Waals surface area contributed by atoms with Crippen LogP contribution in [0.15, 0.2) is 60.7 Å². The molecule has 4 aliphatic heterocycles. The third kappa shape index (κ3) is 9.42. The van der Waals surface area contributed by atoms with Gasteiger partial charge in [-0.15, -0.1) is 0 Å². The second-order valence-corrected chi connectivity index (χ2v) is 15.5. The van der Waals surface area contributed by atoms with Gasteiger partial charge < -0.3 is 79.8 Å². The number of aliphatic hydroxyl groups is 5. The standard InChI is InChI=1S/C39H52N4O16/c1-18-13-23-32(33-26(43(2)39(51)58-33)35(54-23)59-36-30(48)28(46)25(40)24(15-44)55-36)57-34(18)56-31-22(42-38(50)53-17-20-11-7-4-8-12-20)14-21(27(45)29(31)47)41-37(49)52-16-19-9-5-3-6-10-19/h3-12,18,21-36,44-48H,13-17,40H2,1-2H3,(H,41,49)(H,42,50)/t18-,21+,22?,23-,24?,25+,26?,27?,28-,29+,30?,31+,32?,33?,34-,35?,36+/m0/s1. The maximum Gasteiger partial charge on any atom is 0.410 e. The maximum absolute atomic E-state index is 13.2. The fourth-order valence-corrected chi connectivity index (χ4v) is 8.18. The lowest BCUT2D eigenvalue weighted by Crippen LogP contribution is -2.68. The summed E-state index contributed by atoms with van der Waals surface area (Å²) < 4.78 is 47.4. The Bertz CT molecular complexity index is 1730. The van der Waals surface area contributed by atoms with Crippen LogP contribution < -0.4 is 16.4 Å². The first-order valence-electron chi connectivity index (χ1n) is 19.6. The van der Waals surface area contributed by atoms with Gasteiger partial charge in [-0.2, -0.15) is 0 Å². The molecule has 3 amide bonds. The van der Waals surface area contributed by atoms with Crippen molar-refractivity contribution in [2.24, 2.45) is 11.7 Å². The fraction of sp³-hybridized carbons (Fsp3) is 0.615. The highest BCUT2D eigenvalue weighted by molar-refractivity contribution is 5.71. The summed E-state index contributed by atoms with van der Waals surface area (Å²) in [4.78, 5) is 40.2. The molecule has 2 aromatic rings. The third-order valence-corrected chi connectivity index (χ3v) is 11.5. The Morgan fingerprint density at radius 2 is 1.37 bits per heavy atom. The van der Waals surface area contributed by atoms with Crippen LogP contribution >= 0.6 is 0 Å².